The molecular formula is C13H13IN2O4. The second-order valence-electron chi connectivity index (χ2n) is 4.27. The van der Waals surface area contributed by atoms with Crippen LogP contribution in [-0.2, 0) is 14.3 Å². The van der Waals surface area contributed by atoms with Gasteiger partial charge in [-0.3, -0.25) is 9.59 Å². The molecule has 1 aromatic carbocycles. The molecule has 0 bridgehead atoms. The molecule has 1 heterocycles. The van der Waals surface area contributed by atoms with Crippen LogP contribution in [0.25, 0.3) is 0 Å². The van der Waals surface area contributed by atoms with Gasteiger partial charge >= 0.3 is 12.0 Å². The second-order valence-corrected chi connectivity index (χ2v) is 5.51. The smallest absolute Gasteiger partial charge is 0.329 e. The van der Waals surface area contributed by atoms with Crippen molar-refractivity contribution in [2.75, 3.05) is 12.0 Å². The van der Waals surface area contributed by atoms with Crippen molar-refractivity contribution >= 4 is 46.2 Å². The van der Waals surface area contributed by atoms with Gasteiger partial charge in [-0.25, -0.2) is 9.69 Å². The minimum absolute atomic E-state index is 0.0910. The van der Waals surface area contributed by atoms with Gasteiger partial charge in [0.2, 0.25) is 0 Å². The fourth-order valence-electron chi connectivity index (χ4n) is 1.93. The Hall–Kier alpha value is -1.64. The van der Waals surface area contributed by atoms with Crippen molar-refractivity contribution in [2.24, 2.45) is 0 Å². The Morgan fingerprint density at radius 1 is 1.35 bits per heavy atom. The van der Waals surface area contributed by atoms with Crippen molar-refractivity contribution in [3.8, 4) is 0 Å². The Morgan fingerprint density at radius 3 is 2.60 bits per heavy atom. The quantitative estimate of drug-likeness (QED) is 0.484. The summed E-state index contributed by atoms with van der Waals surface area (Å²) in [7, 11) is 1.29. The molecule has 6 nitrogen and oxygen atoms in total. The lowest BCUT2D eigenvalue weighted by molar-refractivity contribution is -0.140. The zero-order valence-corrected chi connectivity index (χ0v) is 12.9. The van der Waals surface area contributed by atoms with Gasteiger partial charge in [-0.2, -0.15) is 0 Å². The highest BCUT2D eigenvalue weighted by atomic mass is 127. The molecule has 20 heavy (non-hydrogen) atoms. The number of nitrogens with one attached hydrogen (secondary N) is 1. The number of urea groups is 1. The molecule has 0 radical (unpaired) electrons. The summed E-state index contributed by atoms with van der Waals surface area (Å²) >= 11 is 2.14. The third-order valence-electron chi connectivity index (χ3n) is 2.97. The summed E-state index contributed by atoms with van der Waals surface area (Å²) in [5, 5.41) is 2.57. The van der Waals surface area contributed by atoms with E-state index in [1.807, 2.05) is 12.1 Å². The van der Waals surface area contributed by atoms with Crippen molar-refractivity contribution in [3.05, 3.63) is 27.8 Å². The number of carbonyl (C=O) groups excluding carboxylic acids is 3. The Bertz CT molecular complexity index is 544. The number of halogens is 1. The molecule has 0 saturated carbocycles. The van der Waals surface area contributed by atoms with Crippen molar-refractivity contribution in [1.82, 2.24) is 5.32 Å². The number of rotatable bonds is 4. The van der Waals surface area contributed by atoms with E-state index in [-0.39, 0.29) is 18.7 Å². The minimum Gasteiger partial charge on any atom is -0.469 e. The van der Waals surface area contributed by atoms with Crippen LogP contribution in [0.3, 0.4) is 0 Å². The topological polar surface area (TPSA) is 75.7 Å². The maximum absolute atomic E-state index is 12.2. The molecule has 1 aliphatic rings. The first-order valence-corrected chi connectivity index (χ1v) is 7.07. The molecule has 0 unspecified atom stereocenters. The van der Waals surface area contributed by atoms with Crippen molar-refractivity contribution in [3.63, 3.8) is 0 Å². The number of imide groups is 1. The molecule has 0 spiro atoms. The Kier molecular flexibility index (Phi) is 4.58. The number of hydrogen-bond acceptors (Lipinski definition) is 4. The minimum atomic E-state index is -0.680. The fraction of sp³-hybridized carbons (Fsp3) is 0.308. The lowest BCUT2D eigenvalue weighted by atomic mass is 10.1. The van der Waals surface area contributed by atoms with E-state index < -0.39 is 18.0 Å². The number of nitrogens with zero attached hydrogens (tertiary/aromatic N) is 1. The summed E-state index contributed by atoms with van der Waals surface area (Å²) in [6.45, 7) is 0. The predicted octanol–water partition coefficient (Wildman–Crippen LogP) is 1.67. The lowest BCUT2D eigenvalue weighted by Gasteiger charge is -2.12. The van der Waals surface area contributed by atoms with E-state index in [1.54, 1.807) is 12.1 Å². The zero-order chi connectivity index (χ0) is 14.7. The predicted molar refractivity (Wildman–Crippen MR) is 80.2 cm³/mol. The largest absolute Gasteiger partial charge is 0.469 e. The van der Waals surface area contributed by atoms with Crippen LogP contribution in [0.5, 0.6) is 0 Å². The summed E-state index contributed by atoms with van der Waals surface area (Å²) in [4.78, 5) is 36.2. The summed E-state index contributed by atoms with van der Waals surface area (Å²) in [6.07, 6.45) is 0.325. The number of amides is 3. The van der Waals surface area contributed by atoms with Gasteiger partial charge in [0.1, 0.15) is 6.04 Å². The van der Waals surface area contributed by atoms with Crippen LogP contribution in [-0.4, -0.2) is 31.1 Å². The Labute approximate surface area is 129 Å². The van der Waals surface area contributed by atoms with Crippen LogP contribution in [0.15, 0.2) is 24.3 Å². The number of methoxy groups -OCH3 is 1. The van der Waals surface area contributed by atoms with Gasteiger partial charge < -0.3 is 10.1 Å². The molecule has 1 N–H and O–H groups in total. The van der Waals surface area contributed by atoms with Gasteiger partial charge in [0.15, 0.2) is 0 Å². The van der Waals surface area contributed by atoms with Crippen molar-refractivity contribution in [2.45, 2.75) is 18.9 Å². The molecule has 0 aromatic heterocycles. The summed E-state index contributed by atoms with van der Waals surface area (Å²) in [5.74, 6) is -0.750. The van der Waals surface area contributed by atoms with E-state index in [0.29, 0.717) is 5.69 Å². The first-order valence-electron chi connectivity index (χ1n) is 6.00. The van der Waals surface area contributed by atoms with E-state index in [0.717, 1.165) is 8.47 Å². The monoisotopic (exact) mass is 388 g/mol. The standard InChI is InChI=1S/C13H13IN2O4/c1-20-11(17)7-6-10-12(18)16(13(19)15-10)9-4-2-8(14)3-5-9/h2-5,10H,6-7H2,1H3,(H,15,19)/t10-/m1/s1. The number of hydrogen-bond donors (Lipinski definition) is 1. The van der Waals surface area contributed by atoms with Crippen molar-refractivity contribution in [1.29, 1.82) is 0 Å². The third kappa shape index (κ3) is 3.09. The van der Waals surface area contributed by atoms with Crippen LogP contribution < -0.4 is 10.2 Å². The molecule has 2 rings (SSSR count). The van der Waals surface area contributed by atoms with Crippen LogP contribution >= 0.6 is 22.6 Å². The van der Waals surface area contributed by atoms with Gasteiger partial charge in [-0.1, -0.05) is 0 Å². The number of ether oxygens (including phenoxy) is 1. The summed E-state index contributed by atoms with van der Waals surface area (Å²) in [6, 6.07) is 5.91. The van der Waals surface area contributed by atoms with Gasteiger partial charge in [0.25, 0.3) is 5.91 Å². The Morgan fingerprint density at radius 2 is 2.00 bits per heavy atom. The maximum Gasteiger partial charge on any atom is 0.329 e. The second kappa shape index (κ2) is 6.21. The molecule has 1 atom stereocenters. The molecule has 106 valence electrons. The van der Waals surface area contributed by atoms with Crippen molar-refractivity contribution < 1.29 is 19.1 Å². The van der Waals surface area contributed by atoms with Gasteiger partial charge in [0, 0.05) is 9.99 Å². The molecule has 1 saturated heterocycles. The molecule has 1 fully saturated rings. The average Bonchev–Trinajstić information content (AvgIpc) is 2.72. The normalized spacial score (nSPS) is 18.1. The van der Waals surface area contributed by atoms with Crippen LogP contribution in [0.1, 0.15) is 12.8 Å². The van der Waals surface area contributed by atoms with E-state index >= 15 is 0 Å². The molecule has 0 aliphatic carbocycles. The molecule has 1 aromatic rings. The van der Waals surface area contributed by atoms with Crippen LogP contribution in [0.4, 0.5) is 10.5 Å². The highest BCUT2D eigenvalue weighted by molar-refractivity contribution is 14.1. The first-order chi connectivity index (χ1) is 9.52. The maximum atomic E-state index is 12.2. The SMILES string of the molecule is COC(=O)CC[C@H]1NC(=O)N(c2ccc(I)cc2)C1=O. The number of carbonyl (C=O) groups is 3. The molecule has 7 heteroatoms. The van der Waals surface area contributed by atoms with Crippen LogP contribution in [0, 0.1) is 3.57 Å². The van der Waals surface area contributed by atoms with Gasteiger partial charge in [-0.15, -0.1) is 0 Å². The average molecular weight is 388 g/mol. The highest BCUT2D eigenvalue weighted by Crippen LogP contribution is 2.22. The molecule has 3 amide bonds. The molecule has 1 aliphatic heterocycles. The number of esters is 1. The van der Waals surface area contributed by atoms with Gasteiger partial charge in [0.05, 0.1) is 12.8 Å². The Balaban J connectivity index is 2.09. The highest BCUT2D eigenvalue weighted by Gasteiger charge is 2.38. The van der Waals surface area contributed by atoms with Gasteiger partial charge in [-0.05, 0) is 53.3 Å². The van der Waals surface area contributed by atoms with Crippen LogP contribution in [0.2, 0.25) is 0 Å². The fourth-order valence-corrected chi connectivity index (χ4v) is 2.29. The first kappa shape index (κ1) is 14.8. The van der Waals surface area contributed by atoms with E-state index in [1.165, 1.54) is 7.11 Å². The summed E-state index contributed by atoms with van der Waals surface area (Å²) < 4.78 is 5.53. The number of anilines is 1. The number of benzene rings is 1. The molecular weight excluding hydrogens is 375 g/mol. The van der Waals surface area contributed by atoms with E-state index in [9.17, 15) is 14.4 Å². The zero-order valence-electron chi connectivity index (χ0n) is 10.8. The van der Waals surface area contributed by atoms with E-state index in [4.69, 9.17) is 0 Å². The van der Waals surface area contributed by atoms with E-state index in [2.05, 4.69) is 32.6 Å². The summed E-state index contributed by atoms with van der Waals surface area (Å²) in [5.41, 5.74) is 0.522. The third-order valence-corrected chi connectivity index (χ3v) is 3.69. The lowest BCUT2D eigenvalue weighted by Crippen LogP contribution is -2.31.